The lowest BCUT2D eigenvalue weighted by Crippen LogP contribution is -1.98. The Balaban J connectivity index is 1.95. The summed E-state index contributed by atoms with van der Waals surface area (Å²) in [5, 5.41) is 8.85. The van der Waals surface area contributed by atoms with Crippen molar-refractivity contribution in [1.29, 1.82) is 0 Å². The van der Waals surface area contributed by atoms with E-state index in [1.54, 1.807) is 25.3 Å². The molecule has 0 aliphatic heterocycles. The van der Waals surface area contributed by atoms with Crippen molar-refractivity contribution in [3.05, 3.63) is 24.1 Å². The molecule has 5 heteroatoms. The van der Waals surface area contributed by atoms with E-state index in [1.165, 1.54) is 0 Å². The van der Waals surface area contributed by atoms with Crippen molar-refractivity contribution in [3.63, 3.8) is 0 Å². The van der Waals surface area contributed by atoms with Gasteiger partial charge in [0.15, 0.2) is 11.5 Å². The molecule has 2 unspecified atom stereocenters. The van der Waals surface area contributed by atoms with Gasteiger partial charge in [0.1, 0.15) is 11.3 Å². The summed E-state index contributed by atoms with van der Waals surface area (Å²) in [4.78, 5) is 15.1. The van der Waals surface area contributed by atoms with Crippen LogP contribution in [0.5, 0.6) is 5.75 Å². The molecule has 2 atom stereocenters. The second-order valence-corrected chi connectivity index (χ2v) is 4.17. The number of methoxy groups -OCH3 is 1. The third-order valence-electron chi connectivity index (χ3n) is 3.04. The number of rotatable bonds is 3. The number of fused-ring (bicyclic) bond motifs is 1. The lowest BCUT2D eigenvalue weighted by atomic mass is 10.3. The Kier molecular flexibility index (Phi) is 2.07. The monoisotopic (exact) mass is 233 g/mol. The highest BCUT2D eigenvalue weighted by molar-refractivity contribution is 5.77. The summed E-state index contributed by atoms with van der Waals surface area (Å²) in [7, 11) is 1.59. The van der Waals surface area contributed by atoms with Crippen LogP contribution >= 0.6 is 0 Å². The zero-order chi connectivity index (χ0) is 12.0. The SMILES string of the molecule is COc1ccc2oc(C3CC3C(=O)O)nc2c1. The molecule has 1 aliphatic carbocycles. The van der Waals surface area contributed by atoms with Crippen molar-refractivity contribution in [3.8, 4) is 5.75 Å². The lowest BCUT2D eigenvalue weighted by Gasteiger charge is -1.95. The van der Waals surface area contributed by atoms with E-state index in [4.69, 9.17) is 14.3 Å². The first-order chi connectivity index (χ1) is 8.19. The summed E-state index contributed by atoms with van der Waals surface area (Å²) in [6.07, 6.45) is 0.610. The molecule has 0 saturated heterocycles. The Bertz CT molecular complexity index is 589. The van der Waals surface area contributed by atoms with Crippen molar-refractivity contribution in [2.75, 3.05) is 7.11 Å². The van der Waals surface area contributed by atoms with Gasteiger partial charge in [-0.05, 0) is 18.6 Å². The molecule has 1 saturated carbocycles. The smallest absolute Gasteiger partial charge is 0.307 e. The van der Waals surface area contributed by atoms with Gasteiger partial charge in [-0.25, -0.2) is 4.98 Å². The first kappa shape index (κ1) is 10.1. The van der Waals surface area contributed by atoms with Gasteiger partial charge in [0, 0.05) is 12.0 Å². The Morgan fingerprint density at radius 3 is 3.06 bits per heavy atom. The van der Waals surface area contributed by atoms with E-state index < -0.39 is 5.97 Å². The molecular weight excluding hydrogens is 222 g/mol. The molecule has 5 nitrogen and oxygen atoms in total. The quantitative estimate of drug-likeness (QED) is 0.878. The fourth-order valence-corrected chi connectivity index (χ4v) is 1.95. The largest absolute Gasteiger partial charge is 0.497 e. The van der Waals surface area contributed by atoms with Crippen molar-refractivity contribution in [1.82, 2.24) is 4.98 Å². The van der Waals surface area contributed by atoms with Crippen LogP contribution in [0.25, 0.3) is 11.1 Å². The minimum atomic E-state index is -0.783. The van der Waals surface area contributed by atoms with Crippen LogP contribution in [0.3, 0.4) is 0 Å². The molecular formula is C12H11NO4. The minimum absolute atomic E-state index is 0.0779. The summed E-state index contributed by atoms with van der Waals surface area (Å²) in [5.41, 5.74) is 1.37. The average Bonchev–Trinajstić information content (AvgIpc) is 3.02. The van der Waals surface area contributed by atoms with Gasteiger partial charge >= 0.3 is 5.97 Å². The van der Waals surface area contributed by atoms with Gasteiger partial charge in [0.25, 0.3) is 0 Å². The zero-order valence-electron chi connectivity index (χ0n) is 9.21. The van der Waals surface area contributed by atoms with E-state index in [1.807, 2.05) is 0 Å². The van der Waals surface area contributed by atoms with E-state index >= 15 is 0 Å². The highest BCUT2D eigenvalue weighted by atomic mass is 16.5. The molecule has 17 heavy (non-hydrogen) atoms. The number of carboxylic acids is 1. The molecule has 0 amide bonds. The number of carboxylic acid groups (broad SMARTS) is 1. The van der Waals surface area contributed by atoms with E-state index in [0.717, 1.165) is 0 Å². The molecule has 1 fully saturated rings. The van der Waals surface area contributed by atoms with Gasteiger partial charge in [0.2, 0.25) is 0 Å². The van der Waals surface area contributed by atoms with Crippen LogP contribution in [0.1, 0.15) is 18.2 Å². The predicted octanol–water partition coefficient (Wildman–Crippen LogP) is 2.02. The van der Waals surface area contributed by atoms with Gasteiger partial charge in [-0.3, -0.25) is 4.79 Å². The van der Waals surface area contributed by atoms with Crippen LogP contribution in [0.4, 0.5) is 0 Å². The van der Waals surface area contributed by atoms with Crippen LogP contribution in [0, 0.1) is 5.92 Å². The molecule has 0 spiro atoms. The van der Waals surface area contributed by atoms with Gasteiger partial charge in [0.05, 0.1) is 13.0 Å². The Morgan fingerprint density at radius 2 is 2.41 bits per heavy atom. The van der Waals surface area contributed by atoms with Crippen molar-refractivity contribution in [2.45, 2.75) is 12.3 Å². The molecule has 3 rings (SSSR count). The topological polar surface area (TPSA) is 72.6 Å². The molecule has 2 aromatic rings. The van der Waals surface area contributed by atoms with E-state index in [0.29, 0.717) is 29.2 Å². The predicted molar refractivity (Wildman–Crippen MR) is 59.0 cm³/mol. The second-order valence-electron chi connectivity index (χ2n) is 4.17. The average molecular weight is 233 g/mol. The van der Waals surface area contributed by atoms with Crippen molar-refractivity contribution >= 4 is 17.1 Å². The van der Waals surface area contributed by atoms with Crippen molar-refractivity contribution in [2.24, 2.45) is 5.92 Å². The number of nitrogens with zero attached hydrogens (tertiary/aromatic N) is 1. The number of aromatic nitrogens is 1. The Hall–Kier alpha value is -2.04. The second kappa shape index (κ2) is 3.48. The number of hydrogen-bond donors (Lipinski definition) is 1. The van der Waals surface area contributed by atoms with Gasteiger partial charge in [-0.2, -0.15) is 0 Å². The molecule has 1 aromatic heterocycles. The molecule has 1 aromatic carbocycles. The molecule has 1 heterocycles. The maximum absolute atomic E-state index is 10.8. The molecule has 1 N–H and O–H groups in total. The molecule has 1 aliphatic rings. The first-order valence-electron chi connectivity index (χ1n) is 5.36. The van der Waals surface area contributed by atoms with Crippen LogP contribution < -0.4 is 4.74 Å². The molecule has 88 valence electrons. The molecule has 0 radical (unpaired) electrons. The number of ether oxygens (including phenoxy) is 1. The number of hydrogen-bond acceptors (Lipinski definition) is 4. The maximum Gasteiger partial charge on any atom is 0.307 e. The summed E-state index contributed by atoms with van der Waals surface area (Å²) < 4.78 is 10.6. The van der Waals surface area contributed by atoms with Crippen LogP contribution in [0.2, 0.25) is 0 Å². The van der Waals surface area contributed by atoms with Crippen LogP contribution in [0.15, 0.2) is 22.6 Å². The van der Waals surface area contributed by atoms with E-state index in [2.05, 4.69) is 4.98 Å². The standard InChI is InChI=1S/C12H11NO4/c1-16-6-2-3-10-9(4-6)13-11(17-10)7-5-8(7)12(14)15/h2-4,7-8H,5H2,1H3,(H,14,15). The number of benzene rings is 1. The fraction of sp³-hybridized carbons (Fsp3) is 0.333. The normalized spacial score (nSPS) is 22.6. The van der Waals surface area contributed by atoms with Crippen molar-refractivity contribution < 1.29 is 19.1 Å². The summed E-state index contributed by atoms with van der Waals surface area (Å²) in [5.74, 6) is 0.0225. The van der Waals surface area contributed by atoms with Crippen LogP contribution in [-0.4, -0.2) is 23.2 Å². The Morgan fingerprint density at radius 1 is 1.59 bits per heavy atom. The highest BCUT2D eigenvalue weighted by Crippen LogP contribution is 2.47. The highest BCUT2D eigenvalue weighted by Gasteiger charge is 2.47. The molecule has 0 bridgehead atoms. The summed E-state index contributed by atoms with van der Waals surface area (Å²) >= 11 is 0. The number of aliphatic carboxylic acids is 1. The van der Waals surface area contributed by atoms with Gasteiger partial charge < -0.3 is 14.3 Å². The van der Waals surface area contributed by atoms with Gasteiger partial charge in [-0.1, -0.05) is 0 Å². The number of carbonyl (C=O) groups is 1. The van der Waals surface area contributed by atoms with E-state index in [9.17, 15) is 4.79 Å². The maximum atomic E-state index is 10.8. The summed E-state index contributed by atoms with van der Waals surface area (Å²) in [6, 6.07) is 5.35. The van der Waals surface area contributed by atoms with Crippen LogP contribution in [-0.2, 0) is 4.79 Å². The third kappa shape index (κ3) is 1.63. The summed E-state index contributed by atoms with van der Waals surface area (Å²) in [6.45, 7) is 0. The third-order valence-corrected chi connectivity index (χ3v) is 3.04. The fourth-order valence-electron chi connectivity index (χ4n) is 1.95. The van der Waals surface area contributed by atoms with Gasteiger partial charge in [-0.15, -0.1) is 0 Å². The zero-order valence-corrected chi connectivity index (χ0v) is 9.21. The lowest BCUT2D eigenvalue weighted by molar-refractivity contribution is -0.138. The Labute approximate surface area is 97.0 Å². The van der Waals surface area contributed by atoms with E-state index in [-0.39, 0.29) is 11.8 Å². The minimum Gasteiger partial charge on any atom is -0.497 e. The number of oxazole rings is 1. The first-order valence-corrected chi connectivity index (χ1v) is 5.36.